The van der Waals surface area contributed by atoms with E-state index >= 15 is 0 Å². The predicted molar refractivity (Wildman–Crippen MR) is 83.5 cm³/mol. The first kappa shape index (κ1) is 14.2. The van der Waals surface area contributed by atoms with Gasteiger partial charge in [-0.05, 0) is 45.0 Å². The standard InChI is InChI=1S/C14H22N4S/c1-11(10-18-8-3-2-4-9-18)17-14-12(13(15)19)6-5-7-16-14/h5-7,11H,2-4,8-10H2,1H3,(H2,15,19)(H,16,17). The molecular formula is C14H22N4S. The normalized spacial score (nSPS) is 17.9. The maximum Gasteiger partial charge on any atom is 0.136 e. The number of hydrogen-bond donors (Lipinski definition) is 2. The molecule has 0 aromatic carbocycles. The first-order valence-corrected chi connectivity index (χ1v) is 7.31. The van der Waals surface area contributed by atoms with E-state index in [1.807, 2.05) is 12.1 Å². The third-order valence-corrected chi connectivity index (χ3v) is 3.66. The minimum absolute atomic E-state index is 0.334. The van der Waals surface area contributed by atoms with E-state index in [2.05, 4.69) is 22.1 Å². The van der Waals surface area contributed by atoms with E-state index < -0.39 is 0 Å². The largest absolute Gasteiger partial charge is 0.389 e. The van der Waals surface area contributed by atoms with Gasteiger partial charge in [0.1, 0.15) is 10.8 Å². The van der Waals surface area contributed by atoms with E-state index in [1.165, 1.54) is 32.4 Å². The van der Waals surface area contributed by atoms with Gasteiger partial charge in [0.25, 0.3) is 0 Å². The Labute approximate surface area is 120 Å². The van der Waals surface area contributed by atoms with Crippen molar-refractivity contribution in [2.24, 2.45) is 5.73 Å². The maximum absolute atomic E-state index is 5.72. The van der Waals surface area contributed by atoms with Gasteiger partial charge in [0.15, 0.2) is 0 Å². The van der Waals surface area contributed by atoms with E-state index in [-0.39, 0.29) is 0 Å². The Morgan fingerprint density at radius 3 is 2.89 bits per heavy atom. The number of pyridine rings is 1. The lowest BCUT2D eigenvalue weighted by Crippen LogP contribution is -2.38. The van der Waals surface area contributed by atoms with E-state index in [0.29, 0.717) is 11.0 Å². The third kappa shape index (κ3) is 4.14. The Balaban J connectivity index is 1.94. The molecule has 0 aliphatic carbocycles. The van der Waals surface area contributed by atoms with Gasteiger partial charge in [-0.3, -0.25) is 0 Å². The van der Waals surface area contributed by atoms with Crippen LogP contribution in [0, 0.1) is 0 Å². The van der Waals surface area contributed by atoms with E-state index in [1.54, 1.807) is 6.20 Å². The number of piperidine rings is 1. The Morgan fingerprint density at radius 2 is 2.21 bits per heavy atom. The summed E-state index contributed by atoms with van der Waals surface area (Å²) in [6.45, 7) is 5.62. The van der Waals surface area contributed by atoms with Crippen LogP contribution in [-0.2, 0) is 0 Å². The summed E-state index contributed by atoms with van der Waals surface area (Å²) in [5.41, 5.74) is 6.54. The summed E-state index contributed by atoms with van der Waals surface area (Å²) in [6.07, 6.45) is 5.75. The van der Waals surface area contributed by atoms with Gasteiger partial charge < -0.3 is 16.0 Å². The van der Waals surface area contributed by atoms with Gasteiger partial charge in [-0.2, -0.15) is 0 Å². The molecule has 0 amide bonds. The van der Waals surface area contributed by atoms with Gasteiger partial charge in [0.05, 0.1) is 5.56 Å². The molecule has 1 unspecified atom stereocenters. The molecule has 1 aliphatic heterocycles. The molecule has 1 fully saturated rings. The lowest BCUT2D eigenvalue weighted by atomic mass is 10.1. The minimum Gasteiger partial charge on any atom is -0.389 e. The number of rotatable bonds is 5. The number of anilines is 1. The second-order valence-electron chi connectivity index (χ2n) is 5.17. The van der Waals surface area contributed by atoms with Crippen molar-refractivity contribution in [1.29, 1.82) is 0 Å². The average molecular weight is 278 g/mol. The highest BCUT2D eigenvalue weighted by Crippen LogP contribution is 2.14. The van der Waals surface area contributed by atoms with Crippen LogP contribution in [0.5, 0.6) is 0 Å². The highest BCUT2D eigenvalue weighted by Gasteiger charge is 2.15. The van der Waals surface area contributed by atoms with E-state index in [4.69, 9.17) is 18.0 Å². The summed E-state index contributed by atoms with van der Waals surface area (Å²) < 4.78 is 0. The molecule has 5 heteroatoms. The van der Waals surface area contributed by atoms with Crippen molar-refractivity contribution in [3.8, 4) is 0 Å². The van der Waals surface area contributed by atoms with E-state index in [0.717, 1.165) is 17.9 Å². The van der Waals surface area contributed by atoms with Crippen molar-refractivity contribution in [2.45, 2.75) is 32.2 Å². The van der Waals surface area contributed by atoms with Gasteiger partial charge >= 0.3 is 0 Å². The summed E-state index contributed by atoms with van der Waals surface area (Å²) in [6, 6.07) is 4.10. The molecule has 1 aromatic rings. The number of likely N-dealkylation sites (tertiary alicyclic amines) is 1. The number of thiocarbonyl (C=S) groups is 1. The highest BCUT2D eigenvalue weighted by atomic mass is 32.1. The fraction of sp³-hybridized carbons (Fsp3) is 0.571. The summed E-state index contributed by atoms with van der Waals surface area (Å²) in [5, 5.41) is 3.42. The van der Waals surface area contributed by atoms with Crippen LogP contribution in [0.25, 0.3) is 0 Å². The molecular weight excluding hydrogens is 256 g/mol. The van der Waals surface area contributed by atoms with Crippen LogP contribution >= 0.6 is 12.2 Å². The number of nitrogens with one attached hydrogen (secondary N) is 1. The van der Waals surface area contributed by atoms with Crippen LogP contribution in [0.2, 0.25) is 0 Å². The van der Waals surface area contributed by atoms with Gasteiger partial charge in [-0.15, -0.1) is 0 Å². The first-order valence-electron chi connectivity index (χ1n) is 6.90. The summed E-state index contributed by atoms with van der Waals surface area (Å²) in [7, 11) is 0. The molecule has 0 saturated carbocycles. The van der Waals surface area contributed by atoms with Crippen LogP contribution in [0.15, 0.2) is 18.3 Å². The van der Waals surface area contributed by atoms with Crippen molar-refractivity contribution in [1.82, 2.24) is 9.88 Å². The zero-order valence-electron chi connectivity index (χ0n) is 11.4. The van der Waals surface area contributed by atoms with Crippen molar-refractivity contribution in [3.05, 3.63) is 23.9 Å². The van der Waals surface area contributed by atoms with Crippen molar-refractivity contribution >= 4 is 23.0 Å². The first-order chi connectivity index (χ1) is 9.16. The molecule has 0 radical (unpaired) electrons. The summed E-state index contributed by atoms with van der Waals surface area (Å²) in [4.78, 5) is 7.23. The van der Waals surface area contributed by atoms with Crippen molar-refractivity contribution in [2.75, 3.05) is 25.0 Å². The lowest BCUT2D eigenvalue weighted by Gasteiger charge is -2.29. The Hall–Kier alpha value is -1.20. The van der Waals surface area contributed by atoms with Gasteiger partial charge in [0.2, 0.25) is 0 Å². The number of nitrogens with zero attached hydrogens (tertiary/aromatic N) is 2. The average Bonchev–Trinajstić information content (AvgIpc) is 2.40. The molecule has 0 bridgehead atoms. The quantitative estimate of drug-likeness (QED) is 0.807. The van der Waals surface area contributed by atoms with Gasteiger partial charge in [0, 0.05) is 18.8 Å². The molecule has 4 nitrogen and oxygen atoms in total. The Morgan fingerprint density at radius 1 is 1.47 bits per heavy atom. The molecule has 2 rings (SSSR count). The topological polar surface area (TPSA) is 54.2 Å². The van der Waals surface area contributed by atoms with Crippen molar-refractivity contribution in [3.63, 3.8) is 0 Å². The fourth-order valence-electron chi connectivity index (χ4n) is 2.53. The maximum atomic E-state index is 5.72. The van der Waals surface area contributed by atoms with Crippen molar-refractivity contribution < 1.29 is 0 Å². The fourth-order valence-corrected chi connectivity index (χ4v) is 2.69. The number of nitrogens with two attached hydrogens (primary N) is 1. The summed E-state index contributed by atoms with van der Waals surface area (Å²) in [5.74, 6) is 0.791. The summed E-state index contributed by atoms with van der Waals surface area (Å²) >= 11 is 5.05. The SMILES string of the molecule is CC(CN1CCCCC1)Nc1ncccc1C(N)=S. The van der Waals surface area contributed by atoms with E-state index in [9.17, 15) is 0 Å². The van der Waals surface area contributed by atoms with Gasteiger partial charge in [-0.1, -0.05) is 18.6 Å². The molecule has 2 heterocycles. The van der Waals surface area contributed by atoms with Crippen LogP contribution in [0.1, 0.15) is 31.7 Å². The molecule has 1 atom stereocenters. The third-order valence-electron chi connectivity index (χ3n) is 3.44. The Kier molecular flexibility index (Phi) is 5.10. The zero-order valence-corrected chi connectivity index (χ0v) is 12.2. The predicted octanol–water partition coefficient (Wildman–Crippen LogP) is 2.00. The van der Waals surface area contributed by atoms with Crippen LogP contribution in [0.3, 0.4) is 0 Å². The minimum atomic E-state index is 0.334. The second kappa shape index (κ2) is 6.82. The van der Waals surface area contributed by atoms with Crippen LogP contribution < -0.4 is 11.1 Å². The second-order valence-corrected chi connectivity index (χ2v) is 5.61. The van der Waals surface area contributed by atoms with Gasteiger partial charge in [-0.25, -0.2) is 4.98 Å². The smallest absolute Gasteiger partial charge is 0.136 e. The monoisotopic (exact) mass is 278 g/mol. The molecule has 1 saturated heterocycles. The van der Waals surface area contributed by atoms with Crippen LogP contribution in [-0.4, -0.2) is 40.5 Å². The lowest BCUT2D eigenvalue weighted by molar-refractivity contribution is 0.223. The number of hydrogen-bond acceptors (Lipinski definition) is 4. The molecule has 19 heavy (non-hydrogen) atoms. The molecule has 104 valence electrons. The molecule has 0 spiro atoms. The molecule has 1 aromatic heterocycles. The molecule has 1 aliphatic rings. The van der Waals surface area contributed by atoms with Crippen LogP contribution in [0.4, 0.5) is 5.82 Å². The Bertz CT molecular complexity index is 429. The molecule has 3 N–H and O–H groups in total. The number of aromatic nitrogens is 1. The highest BCUT2D eigenvalue weighted by molar-refractivity contribution is 7.80. The zero-order chi connectivity index (χ0) is 13.7.